The van der Waals surface area contributed by atoms with E-state index in [0.29, 0.717) is 12.5 Å². The third-order valence-electron chi connectivity index (χ3n) is 3.87. The molecule has 1 atom stereocenters. The molecule has 5 heteroatoms. The van der Waals surface area contributed by atoms with Crippen LogP contribution >= 0.6 is 0 Å². The molecule has 1 fully saturated rings. The van der Waals surface area contributed by atoms with Gasteiger partial charge in [-0.25, -0.2) is 4.79 Å². The van der Waals surface area contributed by atoms with Gasteiger partial charge in [-0.3, -0.25) is 4.90 Å². The van der Waals surface area contributed by atoms with Gasteiger partial charge in [0.15, 0.2) is 0 Å². The van der Waals surface area contributed by atoms with Gasteiger partial charge in [-0.1, -0.05) is 44.2 Å². The Hall–Kier alpha value is -1.59. The maximum Gasteiger partial charge on any atom is 0.407 e. The molecule has 1 amide bonds. The summed E-state index contributed by atoms with van der Waals surface area (Å²) in [5.41, 5.74) is 0.997. The summed E-state index contributed by atoms with van der Waals surface area (Å²) in [5.74, 6) is 0.524. The molecule has 1 aliphatic heterocycles. The number of nitrogens with one attached hydrogen (secondary N) is 1. The molecular weight excluding hydrogens is 292 g/mol. The van der Waals surface area contributed by atoms with Crippen molar-refractivity contribution in [2.75, 3.05) is 32.8 Å². The minimum atomic E-state index is -0.340. The first-order chi connectivity index (χ1) is 11.1. The predicted octanol–water partition coefficient (Wildman–Crippen LogP) is 2.66. The lowest BCUT2D eigenvalue weighted by molar-refractivity contribution is 0.0320. The lowest BCUT2D eigenvalue weighted by atomic mass is 10.0. The van der Waals surface area contributed by atoms with Crippen molar-refractivity contribution in [2.45, 2.75) is 32.9 Å². The number of amides is 1. The van der Waals surface area contributed by atoms with E-state index in [4.69, 9.17) is 9.47 Å². The lowest BCUT2D eigenvalue weighted by Gasteiger charge is -2.31. The van der Waals surface area contributed by atoms with Crippen LogP contribution in [-0.2, 0) is 16.1 Å². The molecule has 1 heterocycles. The van der Waals surface area contributed by atoms with Gasteiger partial charge in [0.25, 0.3) is 0 Å². The quantitative estimate of drug-likeness (QED) is 0.839. The van der Waals surface area contributed by atoms with E-state index in [9.17, 15) is 4.79 Å². The van der Waals surface area contributed by atoms with E-state index >= 15 is 0 Å². The van der Waals surface area contributed by atoms with Crippen molar-refractivity contribution in [3.05, 3.63) is 35.9 Å². The van der Waals surface area contributed by atoms with Crippen LogP contribution in [0.1, 0.15) is 25.8 Å². The minimum absolute atomic E-state index is 0.108. The van der Waals surface area contributed by atoms with E-state index < -0.39 is 0 Å². The van der Waals surface area contributed by atoms with Crippen LogP contribution in [0.4, 0.5) is 4.79 Å². The van der Waals surface area contributed by atoms with Crippen molar-refractivity contribution in [3.63, 3.8) is 0 Å². The summed E-state index contributed by atoms with van der Waals surface area (Å²) in [4.78, 5) is 14.4. The van der Waals surface area contributed by atoms with E-state index in [1.165, 1.54) is 0 Å². The Labute approximate surface area is 139 Å². The molecule has 1 N–H and O–H groups in total. The topological polar surface area (TPSA) is 50.8 Å². The SMILES string of the molecule is CC(C)C[C@@H](CN1CCOCC1)NC(=O)OCc1ccccc1. The molecule has 1 aromatic carbocycles. The number of ether oxygens (including phenoxy) is 2. The van der Waals surface area contributed by atoms with Gasteiger partial charge in [-0.2, -0.15) is 0 Å². The van der Waals surface area contributed by atoms with Crippen LogP contribution in [-0.4, -0.2) is 49.9 Å². The zero-order chi connectivity index (χ0) is 16.5. The molecular formula is C18H28N2O3. The Morgan fingerprint density at radius 1 is 1.26 bits per heavy atom. The summed E-state index contributed by atoms with van der Waals surface area (Å²) < 4.78 is 10.7. The maximum atomic E-state index is 12.1. The maximum absolute atomic E-state index is 12.1. The van der Waals surface area contributed by atoms with Crippen molar-refractivity contribution in [2.24, 2.45) is 5.92 Å². The van der Waals surface area contributed by atoms with Gasteiger partial charge in [0, 0.05) is 25.7 Å². The van der Waals surface area contributed by atoms with Crippen molar-refractivity contribution < 1.29 is 14.3 Å². The van der Waals surface area contributed by atoms with Crippen LogP contribution in [0, 0.1) is 5.92 Å². The van der Waals surface area contributed by atoms with Crippen LogP contribution in [0.15, 0.2) is 30.3 Å². The molecule has 0 spiro atoms. The van der Waals surface area contributed by atoms with Crippen LogP contribution < -0.4 is 5.32 Å². The van der Waals surface area contributed by atoms with Crippen molar-refractivity contribution >= 4 is 6.09 Å². The first-order valence-electron chi connectivity index (χ1n) is 8.41. The number of morpholine rings is 1. The normalized spacial score (nSPS) is 17.0. The summed E-state index contributed by atoms with van der Waals surface area (Å²) in [7, 11) is 0. The van der Waals surface area contributed by atoms with Gasteiger partial charge in [-0.05, 0) is 17.9 Å². The second-order valence-corrected chi connectivity index (χ2v) is 6.45. The van der Waals surface area contributed by atoms with E-state index in [-0.39, 0.29) is 12.1 Å². The third-order valence-corrected chi connectivity index (χ3v) is 3.87. The largest absolute Gasteiger partial charge is 0.445 e. The third kappa shape index (κ3) is 7.01. The van der Waals surface area contributed by atoms with Gasteiger partial charge in [-0.15, -0.1) is 0 Å². The second-order valence-electron chi connectivity index (χ2n) is 6.45. The van der Waals surface area contributed by atoms with Crippen molar-refractivity contribution in [3.8, 4) is 0 Å². The molecule has 0 saturated carbocycles. The molecule has 1 aliphatic rings. The Morgan fingerprint density at radius 3 is 2.61 bits per heavy atom. The molecule has 0 unspecified atom stereocenters. The van der Waals surface area contributed by atoms with Gasteiger partial charge >= 0.3 is 6.09 Å². The smallest absolute Gasteiger partial charge is 0.407 e. The van der Waals surface area contributed by atoms with E-state index in [2.05, 4.69) is 24.1 Å². The fourth-order valence-corrected chi connectivity index (χ4v) is 2.78. The molecule has 1 saturated heterocycles. The Morgan fingerprint density at radius 2 is 1.96 bits per heavy atom. The lowest BCUT2D eigenvalue weighted by Crippen LogP contribution is -2.47. The molecule has 23 heavy (non-hydrogen) atoms. The zero-order valence-corrected chi connectivity index (χ0v) is 14.2. The van der Waals surface area contributed by atoms with Gasteiger partial charge in [0.1, 0.15) is 6.61 Å². The highest BCUT2D eigenvalue weighted by atomic mass is 16.5. The Kier molecular flexibility index (Phi) is 7.36. The molecule has 1 aromatic rings. The van der Waals surface area contributed by atoms with Crippen LogP contribution in [0.2, 0.25) is 0 Å². The first-order valence-corrected chi connectivity index (χ1v) is 8.41. The number of alkyl carbamates (subject to hydrolysis) is 1. The zero-order valence-electron chi connectivity index (χ0n) is 14.2. The molecule has 128 valence electrons. The second kappa shape index (κ2) is 9.53. The monoisotopic (exact) mass is 320 g/mol. The number of hydrogen-bond donors (Lipinski definition) is 1. The number of benzene rings is 1. The number of rotatable bonds is 7. The molecule has 5 nitrogen and oxygen atoms in total. The van der Waals surface area contributed by atoms with Crippen LogP contribution in [0.25, 0.3) is 0 Å². The molecule has 0 aromatic heterocycles. The number of carbonyl (C=O) groups is 1. The number of carbonyl (C=O) groups excluding carboxylic acids is 1. The Balaban J connectivity index is 1.79. The highest BCUT2D eigenvalue weighted by Crippen LogP contribution is 2.09. The number of hydrogen-bond acceptors (Lipinski definition) is 4. The van der Waals surface area contributed by atoms with Crippen LogP contribution in [0.5, 0.6) is 0 Å². The highest BCUT2D eigenvalue weighted by Gasteiger charge is 2.20. The van der Waals surface area contributed by atoms with Gasteiger partial charge in [0.05, 0.1) is 13.2 Å². The summed E-state index contributed by atoms with van der Waals surface area (Å²) in [5, 5.41) is 3.02. The van der Waals surface area contributed by atoms with Crippen molar-refractivity contribution in [1.82, 2.24) is 10.2 Å². The average Bonchev–Trinajstić information content (AvgIpc) is 2.54. The van der Waals surface area contributed by atoms with E-state index in [1.807, 2.05) is 30.3 Å². The van der Waals surface area contributed by atoms with Crippen LogP contribution in [0.3, 0.4) is 0 Å². The standard InChI is InChI=1S/C18H28N2O3/c1-15(2)12-17(13-20-8-10-22-11-9-20)19-18(21)23-14-16-6-4-3-5-7-16/h3-7,15,17H,8-14H2,1-2H3,(H,19,21)/t17-/m0/s1. The molecule has 0 radical (unpaired) electrons. The van der Waals surface area contributed by atoms with E-state index in [0.717, 1.165) is 44.8 Å². The van der Waals surface area contributed by atoms with Crippen molar-refractivity contribution in [1.29, 1.82) is 0 Å². The minimum Gasteiger partial charge on any atom is -0.445 e. The fourth-order valence-electron chi connectivity index (χ4n) is 2.78. The first kappa shape index (κ1) is 17.8. The summed E-state index contributed by atoms with van der Waals surface area (Å²) in [6.07, 6.45) is 0.602. The molecule has 2 rings (SSSR count). The summed E-state index contributed by atoms with van der Waals surface area (Å²) >= 11 is 0. The fraction of sp³-hybridized carbons (Fsp3) is 0.611. The average molecular weight is 320 g/mol. The summed E-state index contributed by atoms with van der Waals surface area (Å²) in [6.45, 7) is 8.89. The molecule has 0 aliphatic carbocycles. The number of nitrogens with zero attached hydrogens (tertiary/aromatic N) is 1. The summed E-state index contributed by atoms with van der Waals surface area (Å²) in [6, 6.07) is 9.84. The van der Waals surface area contributed by atoms with E-state index in [1.54, 1.807) is 0 Å². The Bertz CT molecular complexity index is 459. The van der Waals surface area contributed by atoms with Gasteiger partial charge < -0.3 is 14.8 Å². The van der Waals surface area contributed by atoms with Gasteiger partial charge in [0.2, 0.25) is 0 Å². The predicted molar refractivity (Wildman–Crippen MR) is 90.3 cm³/mol. The molecule has 0 bridgehead atoms. The highest BCUT2D eigenvalue weighted by molar-refractivity contribution is 5.67.